The highest BCUT2D eigenvalue weighted by atomic mass is 32.2. The fourth-order valence-electron chi connectivity index (χ4n) is 3.30. The number of thioether (sulfide) groups is 1. The number of hydrogen-bond acceptors (Lipinski definition) is 6. The van der Waals surface area contributed by atoms with Gasteiger partial charge in [0, 0.05) is 29.9 Å². The second-order valence-corrected chi connectivity index (χ2v) is 10.3. The van der Waals surface area contributed by atoms with E-state index in [0.717, 1.165) is 69.5 Å². The highest BCUT2D eigenvalue weighted by molar-refractivity contribution is 8.06. The molecule has 0 fully saturated rings. The Kier molecular flexibility index (Phi) is 15.2. The van der Waals surface area contributed by atoms with Gasteiger partial charge in [0.2, 0.25) is 5.91 Å². The Bertz CT molecular complexity index is 1110. The van der Waals surface area contributed by atoms with Gasteiger partial charge in [-0.1, -0.05) is 62.4 Å². The first kappa shape index (κ1) is 32.4. The molecule has 38 heavy (non-hydrogen) atoms. The summed E-state index contributed by atoms with van der Waals surface area (Å²) in [4.78, 5) is 13.0. The molecule has 0 atom stereocenters. The van der Waals surface area contributed by atoms with Crippen molar-refractivity contribution in [1.29, 1.82) is 0 Å². The number of nitrogens with zero attached hydrogens (tertiary/aromatic N) is 2. The smallest absolute Gasteiger partial charge is 0.229 e. The van der Waals surface area contributed by atoms with Gasteiger partial charge in [0.25, 0.3) is 0 Å². The largest absolute Gasteiger partial charge is 0.360 e. The Balaban J connectivity index is 2.38. The molecular weight excluding hydrogens is 490 g/mol. The van der Waals surface area contributed by atoms with Gasteiger partial charge in [-0.15, -0.1) is 5.10 Å². The molecule has 1 heterocycles. The quantitative estimate of drug-likeness (QED) is 0.101. The summed E-state index contributed by atoms with van der Waals surface area (Å²) in [6.07, 6.45) is 12.4. The van der Waals surface area contributed by atoms with Crippen molar-refractivity contribution in [2.24, 2.45) is 0 Å². The molecule has 3 N–H and O–H groups in total. The highest BCUT2D eigenvalue weighted by Crippen LogP contribution is 2.26. The third-order valence-corrected chi connectivity index (χ3v) is 6.19. The number of hydrogen-bond donors (Lipinski definition) is 3. The molecule has 0 unspecified atom stereocenters. The van der Waals surface area contributed by atoms with Crippen LogP contribution in [0.5, 0.6) is 0 Å². The summed E-state index contributed by atoms with van der Waals surface area (Å²) < 4.78 is 0. The van der Waals surface area contributed by atoms with Crippen LogP contribution in [-0.2, 0) is 11.2 Å². The van der Waals surface area contributed by atoms with Crippen LogP contribution in [0, 0.1) is 0 Å². The predicted octanol–water partition coefficient (Wildman–Crippen LogP) is 7.84. The van der Waals surface area contributed by atoms with E-state index < -0.39 is 0 Å². The van der Waals surface area contributed by atoms with Crippen LogP contribution in [0.15, 0.2) is 108 Å². The molecule has 0 bridgehead atoms. The van der Waals surface area contributed by atoms with E-state index in [2.05, 4.69) is 59.0 Å². The normalized spacial score (nSPS) is 11.9. The summed E-state index contributed by atoms with van der Waals surface area (Å²) in [6, 6.07) is 3.71. The minimum atomic E-state index is -0.0878. The standard InChI is InChI=1S/C31H43N5OS/c1-10-23(6)19-31(37)34-30-18-17-29(35-36-30)16-14-13-15-25(8)38-26(9)33-24(7)20-27(11-2)21-28(12-3)32-22(4)5/h10-12,17-18,21,32-33H,3-4,7-9,13-16,19-20H2,1-2,5-6H3,(H,34,36,37)/b23-10+,27-11-,28-21+. The average Bonchev–Trinajstić information content (AvgIpc) is 2.85. The molecule has 0 aromatic carbocycles. The molecular formula is C31H43N5OS. The van der Waals surface area contributed by atoms with Gasteiger partial charge in [0.05, 0.1) is 10.7 Å². The van der Waals surface area contributed by atoms with E-state index in [0.29, 0.717) is 18.7 Å². The van der Waals surface area contributed by atoms with E-state index in [1.807, 2.05) is 52.0 Å². The Morgan fingerprint density at radius 3 is 2.32 bits per heavy atom. The zero-order valence-electron chi connectivity index (χ0n) is 23.5. The molecule has 204 valence electrons. The first-order valence-electron chi connectivity index (χ1n) is 12.7. The number of aromatic nitrogens is 2. The molecule has 1 aromatic rings. The van der Waals surface area contributed by atoms with Crippen LogP contribution >= 0.6 is 11.8 Å². The number of allylic oxidation sites excluding steroid dienone is 7. The fraction of sp³-hybridized carbons (Fsp3) is 0.323. The topological polar surface area (TPSA) is 78.9 Å². The molecule has 0 saturated heterocycles. The van der Waals surface area contributed by atoms with Gasteiger partial charge in [-0.3, -0.25) is 4.79 Å². The second kappa shape index (κ2) is 17.8. The lowest BCUT2D eigenvalue weighted by atomic mass is 10.1. The Morgan fingerprint density at radius 2 is 1.74 bits per heavy atom. The third-order valence-electron chi connectivity index (χ3n) is 5.35. The van der Waals surface area contributed by atoms with Crippen LogP contribution in [0.4, 0.5) is 5.82 Å². The van der Waals surface area contributed by atoms with E-state index in [4.69, 9.17) is 0 Å². The molecule has 0 saturated carbocycles. The predicted molar refractivity (Wildman–Crippen MR) is 165 cm³/mol. The molecule has 0 spiro atoms. The highest BCUT2D eigenvalue weighted by Gasteiger charge is 2.07. The van der Waals surface area contributed by atoms with E-state index in [1.165, 1.54) is 0 Å². The number of rotatable bonds is 18. The van der Waals surface area contributed by atoms with Crippen molar-refractivity contribution in [2.45, 2.75) is 66.2 Å². The van der Waals surface area contributed by atoms with E-state index in [1.54, 1.807) is 23.9 Å². The lowest BCUT2D eigenvalue weighted by molar-refractivity contribution is -0.115. The average molecular weight is 534 g/mol. The van der Waals surface area contributed by atoms with E-state index >= 15 is 0 Å². The summed E-state index contributed by atoms with van der Waals surface area (Å²) >= 11 is 1.54. The lowest BCUT2D eigenvalue weighted by Gasteiger charge is -2.14. The molecule has 1 aromatic heterocycles. The van der Waals surface area contributed by atoms with Crippen molar-refractivity contribution in [1.82, 2.24) is 20.8 Å². The van der Waals surface area contributed by atoms with Crippen molar-refractivity contribution in [3.8, 4) is 0 Å². The third kappa shape index (κ3) is 14.2. The molecule has 1 rings (SSSR count). The van der Waals surface area contributed by atoms with Crippen LogP contribution in [0.25, 0.3) is 0 Å². The van der Waals surface area contributed by atoms with Crippen LogP contribution in [0.2, 0.25) is 0 Å². The van der Waals surface area contributed by atoms with Gasteiger partial charge >= 0.3 is 0 Å². The molecule has 0 aliphatic rings. The van der Waals surface area contributed by atoms with Crippen molar-refractivity contribution >= 4 is 23.5 Å². The van der Waals surface area contributed by atoms with Gasteiger partial charge in [-0.05, 0) is 88.1 Å². The monoisotopic (exact) mass is 533 g/mol. The zero-order chi connectivity index (χ0) is 28.5. The van der Waals surface area contributed by atoms with Gasteiger partial charge < -0.3 is 16.0 Å². The summed E-state index contributed by atoms with van der Waals surface area (Å²) in [5.74, 6) is 0.386. The summed E-state index contributed by atoms with van der Waals surface area (Å²) in [5, 5.41) is 18.4. The van der Waals surface area contributed by atoms with Gasteiger partial charge in [0.1, 0.15) is 0 Å². The maximum absolute atomic E-state index is 12.0. The fourth-order valence-corrected chi connectivity index (χ4v) is 4.09. The molecule has 6 nitrogen and oxygen atoms in total. The molecule has 7 heteroatoms. The summed E-state index contributed by atoms with van der Waals surface area (Å²) in [6.45, 7) is 27.9. The summed E-state index contributed by atoms with van der Waals surface area (Å²) in [5.41, 5.74) is 5.62. The van der Waals surface area contributed by atoms with Crippen molar-refractivity contribution in [3.05, 3.63) is 113 Å². The maximum atomic E-state index is 12.0. The minimum Gasteiger partial charge on any atom is -0.360 e. The Labute approximate surface area is 233 Å². The zero-order valence-corrected chi connectivity index (χ0v) is 24.3. The Hall–Kier alpha value is -3.58. The first-order valence-corrected chi connectivity index (χ1v) is 13.5. The lowest BCUT2D eigenvalue weighted by Crippen LogP contribution is -2.13. The van der Waals surface area contributed by atoms with Gasteiger partial charge in [-0.2, -0.15) is 5.10 Å². The first-order chi connectivity index (χ1) is 18.1. The van der Waals surface area contributed by atoms with Gasteiger partial charge in [-0.25, -0.2) is 0 Å². The molecule has 0 radical (unpaired) electrons. The van der Waals surface area contributed by atoms with Crippen LogP contribution in [0.1, 0.15) is 65.5 Å². The number of carbonyl (C=O) groups is 1. The number of aryl methyl sites for hydroxylation is 1. The van der Waals surface area contributed by atoms with Crippen LogP contribution in [0.3, 0.4) is 0 Å². The number of unbranched alkanes of at least 4 members (excludes halogenated alkanes) is 1. The van der Waals surface area contributed by atoms with E-state index in [9.17, 15) is 4.79 Å². The molecule has 0 aliphatic heterocycles. The Morgan fingerprint density at radius 1 is 1.00 bits per heavy atom. The van der Waals surface area contributed by atoms with E-state index in [-0.39, 0.29) is 5.91 Å². The van der Waals surface area contributed by atoms with Crippen LogP contribution in [-0.4, -0.2) is 16.1 Å². The number of amides is 1. The number of anilines is 1. The summed E-state index contributed by atoms with van der Waals surface area (Å²) in [7, 11) is 0. The molecule has 0 aliphatic carbocycles. The van der Waals surface area contributed by atoms with Gasteiger partial charge in [0.15, 0.2) is 5.82 Å². The maximum Gasteiger partial charge on any atom is 0.229 e. The second-order valence-electron chi connectivity index (χ2n) is 9.02. The molecule has 1 amide bonds. The number of carbonyl (C=O) groups excluding carboxylic acids is 1. The van der Waals surface area contributed by atoms with Crippen molar-refractivity contribution < 1.29 is 4.79 Å². The SMILES string of the molecule is C=C/C(=C\C(=C/C)CC(=C)NC(=C)SC(=C)CCCCc1ccc(NC(=O)C/C(C)=C/C)nn1)NC(=C)C. The van der Waals surface area contributed by atoms with Crippen molar-refractivity contribution in [3.63, 3.8) is 0 Å². The van der Waals surface area contributed by atoms with Crippen molar-refractivity contribution in [2.75, 3.05) is 5.32 Å². The number of nitrogens with one attached hydrogen (secondary N) is 3. The van der Waals surface area contributed by atoms with Crippen LogP contribution < -0.4 is 16.0 Å². The minimum absolute atomic E-state index is 0.0878.